The van der Waals surface area contributed by atoms with Gasteiger partial charge in [0, 0.05) is 11.7 Å². The number of amides is 1. The zero-order chi connectivity index (χ0) is 11.0. The number of hydrogen-bond acceptors (Lipinski definition) is 2. The van der Waals surface area contributed by atoms with Gasteiger partial charge in [-0.15, -0.1) is 0 Å². The van der Waals surface area contributed by atoms with Crippen LogP contribution < -0.4 is 10.6 Å². The van der Waals surface area contributed by atoms with Gasteiger partial charge in [-0.3, -0.25) is 4.79 Å². The number of anilines is 1. The summed E-state index contributed by atoms with van der Waals surface area (Å²) < 4.78 is 0. The van der Waals surface area contributed by atoms with Crippen molar-refractivity contribution in [1.29, 1.82) is 0 Å². The summed E-state index contributed by atoms with van der Waals surface area (Å²) in [5, 5.41) is 0. The molecule has 0 saturated heterocycles. The number of nitrogens with two attached hydrogens (primary N) is 1. The lowest BCUT2D eigenvalue weighted by Crippen LogP contribution is -2.45. The zero-order valence-electron chi connectivity index (χ0n) is 9.10. The first kappa shape index (κ1) is 10.2. The SMILES string of the molecule is CC(N)C(=O)N1c2ccccc2CC1C. The molecule has 1 aliphatic rings. The van der Waals surface area contributed by atoms with Crippen LogP contribution in [0.1, 0.15) is 19.4 Å². The van der Waals surface area contributed by atoms with Gasteiger partial charge in [0.2, 0.25) is 5.91 Å². The zero-order valence-corrected chi connectivity index (χ0v) is 9.10. The maximum atomic E-state index is 11.9. The highest BCUT2D eigenvalue weighted by molar-refractivity contribution is 5.99. The largest absolute Gasteiger partial charge is 0.320 e. The molecule has 1 heterocycles. The fraction of sp³-hybridized carbons (Fsp3) is 0.417. The minimum atomic E-state index is -0.432. The van der Waals surface area contributed by atoms with Crippen LogP contribution >= 0.6 is 0 Å². The molecule has 1 aliphatic heterocycles. The van der Waals surface area contributed by atoms with Gasteiger partial charge in [0.15, 0.2) is 0 Å². The van der Waals surface area contributed by atoms with E-state index >= 15 is 0 Å². The second-order valence-electron chi connectivity index (χ2n) is 4.18. The van der Waals surface area contributed by atoms with Gasteiger partial charge in [-0.2, -0.15) is 0 Å². The van der Waals surface area contributed by atoms with Crippen LogP contribution in [0.5, 0.6) is 0 Å². The summed E-state index contributed by atoms with van der Waals surface area (Å²) in [6.07, 6.45) is 0.925. The smallest absolute Gasteiger partial charge is 0.243 e. The topological polar surface area (TPSA) is 46.3 Å². The van der Waals surface area contributed by atoms with Gasteiger partial charge in [-0.1, -0.05) is 18.2 Å². The van der Waals surface area contributed by atoms with Crippen LogP contribution in [-0.4, -0.2) is 18.0 Å². The second kappa shape index (κ2) is 3.66. The molecule has 3 heteroatoms. The van der Waals surface area contributed by atoms with Crippen LogP contribution in [0.3, 0.4) is 0 Å². The van der Waals surface area contributed by atoms with E-state index in [1.807, 2.05) is 23.1 Å². The van der Waals surface area contributed by atoms with E-state index in [1.54, 1.807) is 6.92 Å². The van der Waals surface area contributed by atoms with Crippen molar-refractivity contribution in [3.8, 4) is 0 Å². The van der Waals surface area contributed by atoms with Crippen LogP contribution in [0, 0.1) is 0 Å². The van der Waals surface area contributed by atoms with E-state index < -0.39 is 6.04 Å². The van der Waals surface area contributed by atoms with Gasteiger partial charge in [-0.05, 0) is 31.9 Å². The molecule has 0 aromatic heterocycles. The molecule has 1 aromatic carbocycles. The monoisotopic (exact) mass is 204 g/mol. The average molecular weight is 204 g/mol. The van der Waals surface area contributed by atoms with E-state index in [1.165, 1.54) is 5.56 Å². The summed E-state index contributed by atoms with van der Waals surface area (Å²) in [5.41, 5.74) is 7.90. The van der Waals surface area contributed by atoms with Crippen LogP contribution in [0.2, 0.25) is 0 Å². The van der Waals surface area contributed by atoms with Crippen molar-refractivity contribution >= 4 is 11.6 Å². The predicted molar refractivity (Wildman–Crippen MR) is 60.7 cm³/mol. The number of benzene rings is 1. The first-order valence-corrected chi connectivity index (χ1v) is 5.28. The third-order valence-electron chi connectivity index (χ3n) is 2.83. The Bertz CT molecular complexity index is 387. The number of hydrogen-bond donors (Lipinski definition) is 1. The quantitative estimate of drug-likeness (QED) is 0.749. The molecule has 2 unspecified atom stereocenters. The molecule has 2 N–H and O–H groups in total. The van der Waals surface area contributed by atoms with Crippen molar-refractivity contribution < 1.29 is 4.79 Å². The Morgan fingerprint density at radius 2 is 2.20 bits per heavy atom. The molecule has 1 amide bonds. The number of rotatable bonds is 1. The minimum absolute atomic E-state index is 0.00690. The molecule has 0 aliphatic carbocycles. The third kappa shape index (κ3) is 1.63. The summed E-state index contributed by atoms with van der Waals surface area (Å²) in [6.45, 7) is 3.79. The summed E-state index contributed by atoms with van der Waals surface area (Å²) in [4.78, 5) is 13.7. The highest BCUT2D eigenvalue weighted by atomic mass is 16.2. The standard InChI is InChI=1S/C12H16N2O/c1-8-7-10-5-3-4-6-11(10)14(8)12(15)9(2)13/h3-6,8-9H,7,13H2,1-2H3. The van der Waals surface area contributed by atoms with E-state index in [0.717, 1.165) is 12.1 Å². The van der Waals surface area contributed by atoms with Gasteiger partial charge in [-0.25, -0.2) is 0 Å². The average Bonchev–Trinajstić information content (AvgIpc) is 2.52. The van der Waals surface area contributed by atoms with Gasteiger partial charge in [0.1, 0.15) is 0 Å². The Kier molecular flexibility index (Phi) is 2.49. The number of carbonyl (C=O) groups is 1. The van der Waals surface area contributed by atoms with E-state index in [2.05, 4.69) is 13.0 Å². The highest BCUT2D eigenvalue weighted by Gasteiger charge is 2.31. The summed E-state index contributed by atoms with van der Waals surface area (Å²) in [5.74, 6) is 0.00690. The first-order chi connectivity index (χ1) is 7.11. The lowest BCUT2D eigenvalue weighted by atomic mass is 10.1. The van der Waals surface area contributed by atoms with Crippen molar-refractivity contribution in [2.75, 3.05) is 4.90 Å². The number of fused-ring (bicyclic) bond motifs is 1. The number of nitrogens with zero attached hydrogens (tertiary/aromatic N) is 1. The molecule has 80 valence electrons. The molecule has 2 atom stereocenters. The molecule has 0 fully saturated rings. The minimum Gasteiger partial charge on any atom is -0.320 e. The van der Waals surface area contributed by atoms with Crippen molar-refractivity contribution in [2.45, 2.75) is 32.4 Å². The normalized spacial score (nSPS) is 21.3. The van der Waals surface area contributed by atoms with E-state index in [4.69, 9.17) is 5.73 Å². The Morgan fingerprint density at radius 1 is 1.53 bits per heavy atom. The van der Waals surface area contributed by atoms with Crippen molar-refractivity contribution in [3.05, 3.63) is 29.8 Å². The Balaban J connectivity index is 2.38. The molecule has 0 spiro atoms. The molecule has 1 aromatic rings. The molecular weight excluding hydrogens is 188 g/mol. The van der Waals surface area contributed by atoms with Gasteiger partial charge in [0.05, 0.1) is 6.04 Å². The van der Waals surface area contributed by atoms with Gasteiger partial charge in [0.25, 0.3) is 0 Å². The van der Waals surface area contributed by atoms with Crippen molar-refractivity contribution in [2.24, 2.45) is 5.73 Å². The van der Waals surface area contributed by atoms with Crippen molar-refractivity contribution in [3.63, 3.8) is 0 Å². The number of carbonyl (C=O) groups excluding carboxylic acids is 1. The highest BCUT2D eigenvalue weighted by Crippen LogP contribution is 2.31. The lowest BCUT2D eigenvalue weighted by molar-refractivity contribution is -0.119. The Labute approximate surface area is 89.9 Å². The molecule has 0 saturated carbocycles. The van der Waals surface area contributed by atoms with E-state index in [-0.39, 0.29) is 11.9 Å². The van der Waals surface area contributed by atoms with Gasteiger partial charge < -0.3 is 10.6 Å². The van der Waals surface area contributed by atoms with Crippen molar-refractivity contribution in [1.82, 2.24) is 0 Å². The number of para-hydroxylation sites is 1. The van der Waals surface area contributed by atoms with Crippen LogP contribution in [0.25, 0.3) is 0 Å². The van der Waals surface area contributed by atoms with E-state index in [9.17, 15) is 4.79 Å². The van der Waals surface area contributed by atoms with Crippen LogP contribution in [0.4, 0.5) is 5.69 Å². The van der Waals surface area contributed by atoms with E-state index in [0.29, 0.717) is 0 Å². The van der Waals surface area contributed by atoms with Crippen LogP contribution in [0.15, 0.2) is 24.3 Å². The first-order valence-electron chi connectivity index (χ1n) is 5.28. The molecule has 0 bridgehead atoms. The third-order valence-corrected chi connectivity index (χ3v) is 2.83. The summed E-state index contributed by atoms with van der Waals surface area (Å²) in [6, 6.07) is 7.81. The lowest BCUT2D eigenvalue weighted by Gasteiger charge is -2.24. The Hall–Kier alpha value is -1.35. The maximum absolute atomic E-state index is 11.9. The van der Waals surface area contributed by atoms with Crippen LogP contribution in [-0.2, 0) is 11.2 Å². The molecule has 3 nitrogen and oxygen atoms in total. The molecule has 15 heavy (non-hydrogen) atoms. The molecule has 0 radical (unpaired) electrons. The Morgan fingerprint density at radius 3 is 2.87 bits per heavy atom. The summed E-state index contributed by atoms with van der Waals surface area (Å²) >= 11 is 0. The molecular formula is C12H16N2O. The predicted octanol–water partition coefficient (Wildman–Crippen LogP) is 1.31. The summed E-state index contributed by atoms with van der Waals surface area (Å²) in [7, 11) is 0. The fourth-order valence-electron chi connectivity index (χ4n) is 2.12. The second-order valence-corrected chi connectivity index (χ2v) is 4.18. The van der Waals surface area contributed by atoms with Gasteiger partial charge >= 0.3 is 0 Å². The fourth-order valence-corrected chi connectivity index (χ4v) is 2.12. The maximum Gasteiger partial charge on any atom is 0.243 e. The molecule has 2 rings (SSSR count).